The zero-order valence-electron chi connectivity index (χ0n) is 12.1. The van der Waals surface area contributed by atoms with Gasteiger partial charge < -0.3 is 10.6 Å². The average molecular weight is 275 g/mol. The summed E-state index contributed by atoms with van der Waals surface area (Å²) >= 11 is 0. The van der Waals surface area contributed by atoms with Crippen LogP contribution in [0, 0.1) is 6.92 Å². The minimum absolute atomic E-state index is 0.0713. The topological polar surface area (TPSA) is 84.5 Å². The predicted octanol–water partition coefficient (Wildman–Crippen LogP) is 1.35. The van der Waals surface area contributed by atoms with E-state index >= 15 is 0 Å². The number of rotatable bonds is 3. The molecule has 1 aliphatic heterocycles. The second-order valence-corrected chi connectivity index (χ2v) is 5.20. The highest BCUT2D eigenvalue weighted by molar-refractivity contribution is 5.80. The largest absolute Gasteiger partial charge is 0.369 e. The summed E-state index contributed by atoms with van der Waals surface area (Å²) in [6.07, 6.45) is 3.82. The van der Waals surface area contributed by atoms with Crippen molar-refractivity contribution in [3.8, 4) is 0 Å². The molecule has 2 rings (SSSR count). The second kappa shape index (κ2) is 6.45. The monoisotopic (exact) mass is 275 g/mol. The van der Waals surface area contributed by atoms with Gasteiger partial charge in [0.15, 0.2) is 5.96 Å². The van der Waals surface area contributed by atoms with Crippen LogP contribution < -0.4 is 5.73 Å². The highest BCUT2D eigenvalue weighted by Gasteiger charge is 2.13. The second-order valence-electron chi connectivity index (χ2n) is 5.20. The van der Waals surface area contributed by atoms with Crippen molar-refractivity contribution in [2.75, 3.05) is 13.1 Å². The van der Waals surface area contributed by atoms with Crippen LogP contribution in [0.2, 0.25) is 0 Å². The fourth-order valence-electron chi connectivity index (χ4n) is 2.31. The SMILES string of the molecule is CC(=O)Cc1cc(C)nc(N=C(N)N2CCCCC2)n1. The van der Waals surface area contributed by atoms with E-state index in [1.54, 1.807) is 13.0 Å². The summed E-state index contributed by atoms with van der Waals surface area (Å²) in [4.78, 5) is 26.1. The number of hydrogen-bond acceptors (Lipinski definition) is 4. The Morgan fingerprint density at radius 1 is 1.35 bits per heavy atom. The number of aryl methyl sites for hydroxylation is 1. The van der Waals surface area contributed by atoms with E-state index in [0.717, 1.165) is 31.6 Å². The van der Waals surface area contributed by atoms with E-state index in [1.807, 2.05) is 6.92 Å². The molecule has 0 atom stereocenters. The summed E-state index contributed by atoms with van der Waals surface area (Å²) in [5, 5.41) is 0. The van der Waals surface area contributed by atoms with Gasteiger partial charge in [-0.15, -0.1) is 0 Å². The van der Waals surface area contributed by atoms with Crippen LogP contribution >= 0.6 is 0 Å². The molecule has 6 nitrogen and oxygen atoms in total. The third-order valence-corrected chi connectivity index (χ3v) is 3.22. The smallest absolute Gasteiger partial charge is 0.253 e. The molecule has 6 heteroatoms. The number of hydrogen-bond donors (Lipinski definition) is 1. The summed E-state index contributed by atoms with van der Waals surface area (Å²) in [5.74, 6) is 0.871. The maximum atomic E-state index is 11.2. The van der Waals surface area contributed by atoms with Crippen LogP contribution in [-0.2, 0) is 11.2 Å². The molecule has 0 spiro atoms. The number of piperidine rings is 1. The van der Waals surface area contributed by atoms with Gasteiger partial charge in [-0.3, -0.25) is 4.79 Å². The lowest BCUT2D eigenvalue weighted by Crippen LogP contribution is -2.40. The zero-order valence-corrected chi connectivity index (χ0v) is 12.1. The van der Waals surface area contributed by atoms with E-state index in [9.17, 15) is 4.79 Å². The number of carbonyl (C=O) groups is 1. The summed E-state index contributed by atoms with van der Waals surface area (Å²) in [5.41, 5.74) is 7.49. The van der Waals surface area contributed by atoms with Gasteiger partial charge in [0, 0.05) is 25.2 Å². The van der Waals surface area contributed by atoms with Crippen molar-refractivity contribution in [1.29, 1.82) is 0 Å². The molecule has 0 aromatic carbocycles. The molecule has 2 N–H and O–H groups in total. The van der Waals surface area contributed by atoms with Crippen LogP contribution in [0.5, 0.6) is 0 Å². The van der Waals surface area contributed by atoms with Gasteiger partial charge in [-0.05, 0) is 39.2 Å². The lowest BCUT2D eigenvalue weighted by Gasteiger charge is -2.27. The minimum Gasteiger partial charge on any atom is -0.369 e. The summed E-state index contributed by atoms with van der Waals surface area (Å²) in [6, 6.07) is 1.80. The molecule has 20 heavy (non-hydrogen) atoms. The van der Waals surface area contributed by atoms with Gasteiger partial charge in [-0.2, -0.15) is 4.99 Å². The van der Waals surface area contributed by atoms with Crippen LogP contribution in [0.15, 0.2) is 11.1 Å². The molecule has 0 amide bonds. The summed E-state index contributed by atoms with van der Waals surface area (Å²) < 4.78 is 0. The Morgan fingerprint density at radius 2 is 2.05 bits per heavy atom. The third kappa shape index (κ3) is 4.01. The van der Waals surface area contributed by atoms with Crippen molar-refractivity contribution >= 4 is 17.7 Å². The first kappa shape index (κ1) is 14.4. The zero-order chi connectivity index (χ0) is 14.5. The molecule has 0 unspecified atom stereocenters. The standard InChI is InChI=1S/C14H21N5O/c1-10-8-12(9-11(2)20)17-14(16-10)18-13(15)19-6-4-3-5-7-19/h8H,3-7,9H2,1-2H3,(H2,15,16,17,18). The van der Waals surface area contributed by atoms with Crippen molar-refractivity contribution in [1.82, 2.24) is 14.9 Å². The van der Waals surface area contributed by atoms with Gasteiger partial charge in [0.2, 0.25) is 0 Å². The number of Topliss-reactive ketones (excluding diaryl/α,β-unsaturated/α-hetero) is 1. The van der Waals surface area contributed by atoms with Crippen molar-refractivity contribution in [2.45, 2.75) is 39.5 Å². The van der Waals surface area contributed by atoms with Crippen LogP contribution in [-0.4, -0.2) is 39.7 Å². The van der Waals surface area contributed by atoms with Gasteiger partial charge in [0.25, 0.3) is 5.95 Å². The minimum atomic E-state index is 0.0713. The van der Waals surface area contributed by atoms with E-state index in [-0.39, 0.29) is 5.78 Å². The number of aliphatic imine (C=N–C) groups is 1. The van der Waals surface area contributed by atoms with Crippen molar-refractivity contribution in [2.24, 2.45) is 10.7 Å². The Labute approximate surface area is 119 Å². The fourth-order valence-corrected chi connectivity index (χ4v) is 2.31. The Balaban J connectivity index is 2.18. The third-order valence-electron chi connectivity index (χ3n) is 3.22. The number of nitrogens with zero attached hydrogens (tertiary/aromatic N) is 4. The number of aromatic nitrogens is 2. The van der Waals surface area contributed by atoms with Gasteiger partial charge >= 0.3 is 0 Å². The number of guanidine groups is 1. The van der Waals surface area contributed by atoms with Crippen molar-refractivity contribution < 1.29 is 4.79 Å². The first-order valence-corrected chi connectivity index (χ1v) is 6.97. The molecule has 108 valence electrons. The van der Waals surface area contributed by atoms with Crippen LogP contribution in [0.25, 0.3) is 0 Å². The highest BCUT2D eigenvalue weighted by Crippen LogP contribution is 2.12. The van der Waals surface area contributed by atoms with Crippen LogP contribution in [0.4, 0.5) is 5.95 Å². The molecular formula is C14H21N5O. The van der Waals surface area contributed by atoms with E-state index in [4.69, 9.17) is 5.73 Å². The number of carbonyl (C=O) groups excluding carboxylic acids is 1. The summed E-state index contributed by atoms with van der Waals surface area (Å²) in [7, 11) is 0. The highest BCUT2D eigenvalue weighted by atomic mass is 16.1. The quantitative estimate of drug-likeness (QED) is 0.665. The molecule has 0 saturated carbocycles. The first-order chi connectivity index (χ1) is 9.54. The number of nitrogens with two attached hydrogens (primary N) is 1. The Kier molecular flexibility index (Phi) is 4.65. The van der Waals surface area contributed by atoms with E-state index in [2.05, 4.69) is 19.9 Å². The summed E-state index contributed by atoms with van der Waals surface area (Å²) in [6.45, 7) is 5.27. The lowest BCUT2D eigenvalue weighted by atomic mass is 10.1. The van der Waals surface area contributed by atoms with Crippen LogP contribution in [0.3, 0.4) is 0 Å². The predicted molar refractivity (Wildman–Crippen MR) is 77.9 cm³/mol. The number of ketones is 1. The number of likely N-dealkylation sites (tertiary alicyclic amines) is 1. The van der Waals surface area contributed by atoms with E-state index < -0.39 is 0 Å². The van der Waals surface area contributed by atoms with Crippen molar-refractivity contribution in [3.63, 3.8) is 0 Å². The van der Waals surface area contributed by atoms with Crippen molar-refractivity contribution in [3.05, 3.63) is 17.5 Å². The molecule has 2 heterocycles. The molecule has 1 aliphatic rings. The molecule has 0 aliphatic carbocycles. The van der Waals surface area contributed by atoms with Crippen LogP contribution in [0.1, 0.15) is 37.6 Å². The molecule has 1 aromatic rings. The normalized spacial score (nSPS) is 16.3. The molecule has 0 bridgehead atoms. The molecule has 1 fully saturated rings. The molecular weight excluding hydrogens is 254 g/mol. The maximum Gasteiger partial charge on any atom is 0.253 e. The first-order valence-electron chi connectivity index (χ1n) is 6.97. The van der Waals surface area contributed by atoms with Gasteiger partial charge in [0.05, 0.1) is 5.69 Å². The maximum absolute atomic E-state index is 11.2. The Bertz CT molecular complexity index is 520. The molecule has 1 aromatic heterocycles. The van der Waals surface area contributed by atoms with E-state index in [0.29, 0.717) is 24.0 Å². The lowest BCUT2D eigenvalue weighted by molar-refractivity contribution is -0.116. The molecule has 1 saturated heterocycles. The Hall–Kier alpha value is -1.98. The fraction of sp³-hybridized carbons (Fsp3) is 0.571. The molecule has 0 radical (unpaired) electrons. The van der Waals surface area contributed by atoms with E-state index in [1.165, 1.54) is 6.42 Å². The van der Waals surface area contributed by atoms with Gasteiger partial charge in [0.1, 0.15) is 5.78 Å². The Morgan fingerprint density at radius 3 is 2.70 bits per heavy atom. The van der Waals surface area contributed by atoms with Gasteiger partial charge in [-0.1, -0.05) is 0 Å². The average Bonchev–Trinajstić information content (AvgIpc) is 2.38. The van der Waals surface area contributed by atoms with Gasteiger partial charge in [-0.25, -0.2) is 9.97 Å².